The van der Waals surface area contributed by atoms with Crippen molar-refractivity contribution in [2.75, 3.05) is 6.54 Å². The molecule has 2 heteroatoms. The molecule has 0 amide bonds. The fourth-order valence-electron chi connectivity index (χ4n) is 1.80. The van der Waals surface area contributed by atoms with E-state index in [-0.39, 0.29) is 12.0 Å². The molecule has 1 unspecified atom stereocenters. The largest absolute Gasteiger partial charge is 0.388 e. The van der Waals surface area contributed by atoms with E-state index in [1.165, 1.54) is 5.56 Å². The Morgan fingerprint density at radius 1 is 1.25 bits per heavy atom. The molecule has 0 saturated heterocycles. The van der Waals surface area contributed by atoms with Crippen molar-refractivity contribution in [3.8, 4) is 0 Å². The normalized spacial score (nSPS) is 15.9. The van der Waals surface area contributed by atoms with E-state index in [2.05, 4.69) is 19.1 Å². The summed E-state index contributed by atoms with van der Waals surface area (Å²) in [5, 5.41) is 10.6. The van der Waals surface area contributed by atoms with Crippen LogP contribution in [0.3, 0.4) is 0 Å². The summed E-state index contributed by atoms with van der Waals surface area (Å²) in [6.45, 7) is 8.41. The maximum absolute atomic E-state index is 10.6. The third-order valence-corrected chi connectivity index (χ3v) is 3.31. The van der Waals surface area contributed by atoms with E-state index in [0.717, 1.165) is 5.56 Å². The predicted molar refractivity (Wildman–Crippen MR) is 68.3 cm³/mol. The summed E-state index contributed by atoms with van der Waals surface area (Å²) in [6.07, 6.45) is 0.606. The Kier molecular flexibility index (Phi) is 3.76. The zero-order chi connectivity index (χ0) is 12.4. The minimum absolute atomic E-state index is 0.217. The third-order valence-electron chi connectivity index (χ3n) is 3.31. The molecule has 16 heavy (non-hydrogen) atoms. The van der Waals surface area contributed by atoms with Crippen molar-refractivity contribution in [2.24, 2.45) is 11.1 Å². The molecular weight excluding hydrogens is 198 g/mol. The topological polar surface area (TPSA) is 46.2 Å². The van der Waals surface area contributed by atoms with Crippen molar-refractivity contribution in [3.05, 3.63) is 35.4 Å². The first-order valence-corrected chi connectivity index (χ1v) is 5.76. The molecule has 0 aliphatic carbocycles. The molecule has 0 aliphatic rings. The number of benzene rings is 1. The molecule has 1 aromatic rings. The summed E-state index contributed by atoms with van der Waals surface area (Å²) in [4.78, 5) is 0. The van der Waals surface area contributed by atoms with Crippen molar-refractivity contribution >= 4 is 0 Å². The van der Waals surface area contributed by atoms with Gasteiger partial charge in [0.05, 0.1) is 5.60 Å². The highest BCUT2D eigenvalue weighted by molar-refractivity contribution is 5.24. The molecule has 1 rings (SSSR count). The lowest BCUT2D eigenvalue weighted by molar-refractivity contribution is -0.0490. The van der Waals surface area contributed by atoms with Gasteiger partial charge in [-0.25, -0.2) is 0 Å². The Morgan fingerprint density at radius 3 is 2.31 bits per heavy atom. The molecule has 0 aromatic heterocycles. The second-order valence-corrected chi connectivity index (χ2v) is 5.65. The van der Waals surface area contributed by atoms with Crippen molar-refractivity contribution in [2.45, 2.75) is 39.7 Å². The Labute approximate surface area is 98.5 Å². The summed E-state index contributed by atoms with van der Waals surface area (Å²) in [6, 6.07) is 8.22. The zero-order valence-electron chi connectivity index (χ0n) is 10.7. The van der Waals surface area contributed by atoms with Crippen LogP contribution in [-0.4, -0.2) is 17.3 Å². The van der Waals surface area contributed by atoms with Crippen molar-refractivity contribution in [1.29, 1.82) is 0 Å². The fraction of sp³-hybridized carbons (Fsp3) is 0.571. The average Bonchev–Trinajstić information content (AvgIpc) is 2.15. The second kappa shape index (κ2) is 4.56. The van der Waals surface area contributed by atoms with E-state index < -0.39 is 5.60 Å². The van der Waals surface area contributed by atoms with Gasteiger partial charge in [-0.1, -0.05) is 50.6 Å². The van der Waals surface area contributed by atoms with Gasteiger partial charge in [0.2, 0.25) is 0 Å². The van der Waals surface area contributed by atoms with Crippen molar-refractivity contribution in [3.63, 3.8) is 0 Å². The molecule has 0 spiro atoms. The Balaban J connectivity index is 2.94. The van der Waals surface area contributed by atoms with Gasteiger partial charge >= 0.3 is 0 Å². The van der Waals surface area contributed by atoms with Crippen LogP contribution in [0, 0.1) is 12.3 Å². The van der Waals surface area contributed by atoms with Crippen LogP contribution in [0.4, 0.5) is 0 Å². The van der Waals surface area contributed by atoms with E-state index in [9.17, 15) is 5.11 Å². The number of hydrogen-bond acceptors (Lipinski definition) is 2. The fourth-order valence-corrected chi connectivity index (χ4v) is 1.80. The van der Waals surface area contributed by atoms with Crippen LogP contribution in [0.5, 0.6) is 0 Å². The van der Waals surface area contributed by atoms with E-state index in [0.29, 0.717) is 6.42 Å². The summed E-state index contributed by atoms with van der Waals surface area (Å²) in [5.74, 6) is 0. The average molecular weight is 221 g/mol. The smallest absolute Gasteiger partial charge is 0.0857 e. The Morgan fingerprint density at radius 2 is 1.88 bits per heavy atom. The van der Waals surface area contributed by atoms with Gasteiger partial charge in [-0.05, 0) is 17.9 Å². The standard InChI is InChI=1S/C14H23NO/c1-11-6-5-7-12(8-11)9-14(16,10-15)13(2,3)4/h5-8,16H,9-10,15H2,1-4H3. The van der Waals surface area contributed by atoms with E-state index in [1.807, 2.05) is 32.9 Å². The van der Waals surface area contributed by atoms with Crippen LogP contribution in [0.15, 0.2) is 24.3 Å². The van der Waals surface area contributed by atoms with Crippen LogP contribution >= 0.6 is 0 Å². The lowest BCUT2D eigenvalue weighted by Gasteiger charge is -2.39. The monoisotopic (exact) mass is 221 g/mol. The Hall–Kier alpha value is -0.860. The molecule has 0 saturated carbocycles. The summed E-state index contributed by atoms with van der Waals surface area (Å²) >= 11 is 0. The van der Waals surface area contributed by atoms with E-state index in [1.54, 1.807) is 0 Å². The maximum Gasteiger partial charge on any atom is 0.0857 e. The van der Waals surface area contributed by atoms with Crippen LogP contribution in [0.2, 0.25) is 0 Å². The minimum atomic E-state index is -0.846. The van der Waals surface area contributed by atoms with Gasteiger partial charge in [0.25, 0.3) is 0 Å². The lowest BCUT2D eigenvalue weighted by atomic mass is 9.73. The zero-order valence-corrected chi connectivity index (χ0v) is 10.7. The first-order chi connectivity index (χ1) is 7.28. The molecule has 1 aromatic carbocycles. The van der Waals surface area contributed by atoms with Crippen LogP contribution in [0.1, 0.15) is 31.9 Å². The van der Waals surface area contributed by atoms with E-state index >= 15 is 0 Å². The van der Waals surface area contributed by atoms with E-state index in [4.69, 9.17) is 5.73 Å². The molecule has 3 N–H and O–H groups in total. The third kappa shape index (κ3) is 2.83. The minimum Gasteiger partial charge on any atom is -0.388 e. The van der Waals surface area contributed by atoms with Crippen LogP contribution in [-0.2, 0) is 6.42 Å². The van der Waals surface area contributed by atoms with Gasteiger partial charge in [-0.15, -0.1) is 0 Å². The molecule has 0 radical (unpaired) electrons. The Bertz CT molecular complexity index is 354. The van der Waals surface area contributed by atoms with Gasteiger partial charge in [0.1, 0.15) is 0 Å². The highest BCUT2D eigenvalue weighted by Crippen LogP contribution is 2.32. The predicted octanol–water partition coefficient (Wildman–Crippen LogP) is 2.27. The van der Waals surface area contributed by atoms with Gasteiger partial charge in [0.15, 0.2) is 0 Å². The van der Waals surface area contributed by atoms with Gasteiger partial charge in [-0.3, -0.25) is 0 Å². The first-order valence-electron chi connectivity index (χ1n) is 5.76. The quantitative estimate of drug-likeness (QED) is 0.822. The first kappa shape index (κ1) is 13.2. The number of rotatable bonds is 3. The molecular formula is C14H23NO. The number of aliphatic hydroxyl groups is 1. The molecule has 0 heterocycles. The lowest BCUT2D eigenvalue weighted by Crippen LogP contribution is -2.50. The van der Waals surface area contributed by atoms with Gasteiger partial charge in [-0.2, -0.15) is 0 Å². The SMILES string of the molecule is Cc1cccc(CC(O)(CN)C(C)(C)C)c1. The summed E-state index contributed by atoms with van der Waals surface area (Å²) in [5.41, 5.74) is 7.02. The highest BCUT2D eigenvalue weighted by atomic mass is 16.3. The van der Waals surface area contributed by atoms with Crippen LogP contribution < -0.4 is 5.73 Å². The maximum atomic E-state index is 10.6. The molecule has 1 atom stereocenters. The molecule has 0 fully saturated rings. The number of hydrogen-bond donors (Lipinski definition) is 2. The van der Waals surface area contributed by atoms with Gasteiger partial charge in [0, 0.05) is 13.0 Å². The summed E-state index contributed by atoms with van der Waals surface area (Å²) < 4.78 is 0. The van der Waals surface area contributed by atoms with Crippen molar-refractivity contribution < 1.29 is 5.11 Å². The highest BCUT2D eigenvalue weighted by Gasteiger charge is 2.38. The number of nitrogens with two attached hydrogens (primary N) is 1. The summed E-state index contributed by atoms with van der Waals surface area (Å²) in [7, 11) is 0. The van der Waals surface area contributed by atoms with Crippen LogP contribution in [0.25, 0.3) is 0 Å². The van der Waals surface area contributed by atoms with Gasteiger partial charge < -0.3 is 10.8 Å². The molecule has 0 aliphatic heterocycles. The number of aryl methyl sites for hydroxylation is 1. The molecule has 90 valence electrons. The second-order valence-electron chi connectivity index (χ2n) is 5.65. The van der Waals surface area contributed by atoms with Crippen molar-refractivity contribution in [1.82, 2.24) is 0 Å². The molecule has 2 nitrogen and oxygen atoms in total. The molecule has 0 bridgehead atoms.